The number of carbonyl (C=O) groups excluding carboxylic acids is 2. The number of benzene rings is 1. The predicted octanol–water partition coefficient (Wildman–Crippen LogP) is 2.43. The highest BCUT2D eigenvalue weighted by Crippen LogP contribution is 2.29. The summed E-state index contributed by atoms with van der Waals surface area (Å²) in [7, 11) is 0. The Balaban J connectivity index is 1.71. The van der Waals surface area contributed by atoms with Gasteiger partial charge in [0.2, 0.25) is 5.43 Å². The SMILES string of the molecule is CCN1C(=O)c2c(O)c(=O)c(C(=O)CCc3ccccc3F)cn2N2CCCC[C@@H]12. The minimum absolute atomic E-state index is 0.0760. The number of hydrogen-bond acceptors (Lipinski definition) is 5. The first-order valence-electron chi connectivity index (χ1n) is 10.3. The number of piperidine rings is 1. The molecule has 0 radical (unpaired) electrons. The van der Waals surface area contributed by atoms with Crippen molar-refractivity contribution in [2.75, 3.05) is 18.1 Å². The van der Waals surface area contributed by atoms with E-state index >= 15 is 0 Å². The third kappa shape index (κ3) is 3.26. The topological polar surface area (TPSA) is 82.9 Å². The van der Waals surface area contributed by atoms with Crippen LogP contribution >= 0.6 is 0 Å². The van der Waals surface area contributed by atoms with Gasteiger partial charge in [-0.25, -0.2) is 4.39 Å². The second-order valence-electron chi connectivity index (χ2n) is 7.66. The summed E-state index contributed by atoms with van der Waals surface area (Å²) >= 11 is 0. The van der Waals surface area contributed by atoms with E-state index in [0.717, 1.165) is 19.3 Å². The van der Waals surface area contributed by atoms with Crippen LogP contribution in [0.2, 0.25) is 0 Å². The summed E-state index contributed by atoms with van der Waals surface area (Å²) in [5.74, 6) is -2.02. The number of aryl methyl sites for hydroxylation is 1. The number of ketones is 1. The quantitative estimate of drug-likeness (QED) is 0.762. The Hall–Kier alpha value is -3.16. The fourth-order valence-corrected chi connectivity index (χ4v) is 4.37. The maximum Gasteiger partial charge on any atom is 0.278 e. The second-order valence-corrected chi connectivity index (χ2v) is 7.66. The zero-order chi connectivity index (χ0) is 21.4. The molecule has 1 fully saturated rings. The van der Waals surface area contributed by atoms with Crippen LogP contribution < -0.4 is 10.4 Å². The largest absolute Gasteiger partial charge is 0.502 e. The van der Waals surface area contributed by atoms with Gasteiger partial charge in [0.25, 0.3) is 5.91 Å². The number of rotatable bonds is 5. The Morgan fingerprint density at radius 2 is 2.00 bits per heavy atom. The molecule has 8 heteroatoms. The lowest BCUT2D eigenvalue weighted by Crippen LogP contribution is -2.63. The lowest BCUT2D eigenvalue weighted by molar-refractivity contribution is 0.0534. The minimum Gasteiger partial charge on any atom is -0.502 e. The zero-order valence-electron chi connectivity index (χ0n) is 16.8. The molecule has 0 saturated carbocycles. The smallest absolute Gasteiger partial charge is 0.278 e. The van der Waals surface area contributed by atoms with Crippen molar-refractivity contribution in [3.63, 3.8) is 0 Å². The molecule has 2 aliphatic rings. The standard InChI is InChI=1S/C22H24FN3O4/c1-2-24-18-9-5-6-12-25(18)26-13-15(20(28)21(29)19(26)22(24)30)17(27)11-10-14-7-3-4-8-16(14)23/h3-4,7-8,13,18,29H,2,5-6,9-12H2,1H3/t18-/m0/s1. The van der Waals surface area contributed by atoms with E-state index in [4.69, 9.17) is 0 Å². The Morgan fingerprint density at radius 3 is 2.73 bits per heavy atom. The van der Waals surface area contributed by atoms with Gasteiger partial charge < -0.3 is 10.0 Å². The van der Waals surface area contributed by atoms with Crippen LogP contribution in [0.25, 0.3) is 0 Å². The first kappa shape index (κ1) is 20.1. The minimum atomic E-state index is -0.861. The molecule has 7 nitrogen and oxygen atoms in total. The maximum atomic E-state index is 13.8. The zero-order valence-corrected chi connectivity index (χ0v) is 16.8. The molecule has 2 aliphatic heterocycles. The molecular weight excluding hydrogens is 389 g/mol. The van der Waals surface area contributed by atoms with Crippen LogP contribution in [0, 0.1) is 5.82 Å². The van der Waals surface area contributed by atoms with Gasteiger partial charge in [0, 0.05) is 25.7 Å². The molecule has 2 aromatic rings. The molecule has 1 atom stereocenters. The number of amides is 1. The van der Waals surface area contributed by atoms with Gasteiger partial charge in [-0.05, 0) is 44.2 Å². The third-order valence-electron chi connectivity index (χ3n) is 5.93. The van der Waals surface area contributed by atoms with Crippen molar-refractivity contribution in [2.45, 2.75) is 45.2 Å². The van der Waals surface area contributed by atoms with Crippen LogP contribution in [0.1, 0.15) is 59.0 Å². The van der Waals surface area contributed by atoms with Gasteiger partial charge in [0.1, 0.15) is 12.0 Å². The van der Waals surface area contributed by atoms with E-state index in [2.05, 4.69) is 0 Å². The average molecular weight is 413 g/mol. The molecule has 0 bridgehead atoms. The third-order valence-corrected chi connectivity index (χ3v) is 5.93. The van der Waals surface area contributed by atoms with Gasteiger partial charge in [-0.2, -0.15) is 0 Å². The number of aromatic hydroxyl groups is 1. The van der Waals surface area contributed by atoms with Crippen LogP contribution in [0.15, 0.2) is 35.3 Å². The van der Waals surface area contributed by atoms with Crippen molar-refractivity contribution in [3.05, 3.63) is 63.3 Å². The molecule has 0 spiro atoms. The summed E-state index contributed by atoms with van der Waals surface area (Å²) in [6, 6.07) is 6.17. The highest BCUT2D eigenvalue weighted by atomic mass is 19.1. The van der Waals surface area contributed by atoms with E-state index in [1.165, 1.54) is 16.9 Å². The molecule has 158 valence electrons. The van der Waals surface area contributed by atoms with Crippen molar-refractivity contribution < 1.29 is 19.1 Å². The van der Waals surface area contributed by atoms with Gasteiger partial charge in [0.05, 0.1) is 5.56 Å². The van der Waals surface area contributed by atoms with Crippen LogP contribution in [0.4, 0.5) is 4.39 Å². The van der Waals surface area contributed by atoms with Crippen LogP contribution in [0.5, 0.6) is 5.75 Å². The number of aromatic nitrogens is 1. The Kier molecular flexibility index (Phi) is 5.32. The lowest BCUT2D eigenvalue weighted by atomic mass is 10.0. The fourth-order valence-electron chi connectivity index (χ4n) is 4.37. The number of fused-ring (bicyclic) bond motifs is 3. The molecule has 3 heterocycles. The number of pyridine rings is 1. The van der Waals surface area contributed by atoms with E-state index in [1.54, 1.807) is 23.1 Å². The molecule has 1 saturated heterocycles. The Labute approximate surface area is 173 Å². The van der Waals surface area contributed by atoms with E-state index in [0.29, 0.717) is 18.7 Å². The molecule has 0 unspecified atom stereocenters. The normalized spacial score (nSPS) is 18.2. The van der Waals surface area contributed by atoms with Gasteiger partial charge in [-0.1, -0.05) is 18.2 Å². The van der Waals surface area contributed by atoms with Crippen LogP contribution in [0.3, 0.4) is 0 Å². The molecule has 1 amide bonds. The van der Waals surface area contributed by atoms with Gasteiger partial charge >= 0.3 is 0 Å². The molecular formula is C22H24FN3O4. The number of hydrogen-bond donors (Lipinski definition) is 1. The van der Waals surface area contributed by atoms with Gasteiger partial charge in [-0.15, -0.1) is 0 Å². The number of carbonyl (C=O) groups is 2. The summed E-state index contributed by atoms with van der Waals surface area (Å²) < 4.78 is 15.3. The molecule has 1 aromatic carbocycles. The number of nitrogens with zero attached hydrogens (tertiary/aromatic N) is 3. The van der Waals surface area contributed by atoms with E-state index in [1.807, 2.05) is 11.9 Å². The molecule has 1 N–H and O–H groups in total. The Morgan fingerprint density at radius 1 is 1.23 bits per heavy atom. The summed E-state index contributed by atoms with van der Waals surface area (Å²) in [6.07, 6.45) is 3.92. The molecule has 30 heavy (non-hydrogen) atoms. The van der Waals surface area contributed by atoms with Crippen molar-refractivity contribution in [2.24, 2.45) is 0 Å². The van der Waals surface area contributed by atoms with Crippen molar-refractivity contribution in [1.29, 1.82) is 0 Å². The van der Waals surface area contributed by atoms with Crippen LogP contribution in [-0.4, -0.2) is 45.6 Å². The van der Waals surface area contributed by atoms with Crippen molar-refractivity contribution >= 4 is 11.7 Å². The molecule has 0 aliphatic carbocycles. The summed E-state index contributed by atoms with van der Waals surface area (Å²) in [5, 5.41) is 12.5. The predicted molar refractivity (Wildman–Crippen MR) is 109 cm³/mol. The molecule has 1 aromatic heterocycles. The highest BCUT2D eigenvalue weighted by Gasteiger charge is 2.40. The van der Waals surface area contributed by atoms with E-state index < -0.39 is 28.7 Å². The number of halogens is 1. The van der Waals surface area contributed by atoms with E-state index in [9.17, 15) is 23.9 Å². The van der Waals surface area contributed by atoms with Gasteiger partial charge in [-0.3, -0.25) is 24.1 Å². The summed E-state index contributed by atoms with van der Waals surface area (Å²) in [6.45, 7) is 2.96. The molecule has 4 rings (SSSR count). The highest BCUT2D eigenvalue weighted by molar-refractivity contribution is 6.00. The monoisotopic (exact) mass is 413 g/mol. The van der Waals surface area contributed by atoms with Crippen LogP contribution in [-0.2, 0) is 6.42 Å². The number of Topliss-reactive ketones (excluding diaryl/α,β-unsaturated/α-hetero) is 1. The lowest BCUT2D eigenvalue weighted by Gasteiger charge is -2.48. The Bertz CT molecular complexity index is 1060. The van der Waals surface area contributed by atoms with Crippen molar-refractivity contribution in [3.8, 4) is 5.75 Å². The summed E-state index contributed by atoms with van der Waals surface area (Å²) in [5.41, 5.74) is -0.766. The average Bonchev–Trinajstić information content (AvgIpc) is 2.75. The van der Waals surface area contributed by atoms with Gasteiger partial charge in [0.15, 0.2) is 17.2 Å². The fraction of sp³-hybridized carbons (Fsp3) is 0.409. The first-order chi connectivity index (χ1) is 14.4. The maximum absolute atomic E-state index is 13.8. The van der Waals surface area contributed by atoms with Crippen molar-refractivity contribution in [1.82, 2.24) is 9.58 Å². The van der Waals surface area contributed by atoms with E-state index in [-0.39, 0.29) is 30.3 Å². The first-order valence-corrected chi connectivity index (χ1v) is 10.3. The summed E-state index contributed by atoms with van der Waals surface area (Å²) in [4.78, 5) is 40.1. The second kappa shape index (κ2) is 7.93.